The molecule has 1 amide bonds. The molecule has 1 aliphatic carbocycles. The van der Waals surface area contributed by atoms with E-state index in [1.807, 2.05) is 39.4 Å². The number of nitrogens with one attached hydrogen (secondary N) is 1. The monoisotopic (exact) mass is 814 g/mol. The number of unbranched alkanes of at least 4 members (excludes halogenated alkanes) is 15. The van der Waals surface area contributed by atoms with E-state index in [0.717, 1.165) is 38.5 Å². The zero-order valence-electron chi connectivity index (χ0n) is 35.8. The summed E-state index contributed by atoms with van der Waals surface area (Å²) in [5.74, 6) is -1.02. The van der Waals surface area contributed by atoms with Crippen molar-refractivity contribution in [1.29, 1.82) is 0 Å². The third kappa shape index (κ3) is 27.1. The number of hydrogen-bond acceptors (Lipinski definition) is 8. The first-order chi connectivity index (χ1) is 26.7. The van der Waals surface area contributed by atoms with Crippen molar-refractivity contribution in [3.63, 3.8) is 0 Å². The van der Waals surface area contributed by atoms with Gasteiger partial charge in [-0.2, -0.15) is 0 Å². The van der Waals surface area contributed by atoms with E-state index in [9.17, 15) is 34.4 Å². The molecule has 1 rings (SSSR count). The maximum Gasteiger partial charge on any atom is 0.472 e. The maximum atomic E-state index is 13.0. The number of Topliss-reactive ketones (excluding diaryl/α,β-unsaturated/α-hetero) is 1. The van der Waals surface area contributed by atoms with Crippen LogP contribution in [-0.2, 0) is 23.2 Å². The van der Waals surface area contributed by atoms with Gasteiger partial charge in [-0.05, 0) is 38.5 Å². The zero-order valence-corrected chi connectivity index (χ0v) is 36.7. The minimum atomic E-state index is -4.41. The quantitative estimate of drug-likeness (QED) is 0.0183. The van der Waals surface area contributed by atoms with Gasteiger partial charge in [0.25, 0.3) is 0 Å². The molecule has 1 aliphatic rings. The molecule has 0 spiro atoms. The first kappa shape index (κ1) is 52.3. The molecule has 0 heterocycles. The van der Waals surface area contributed by atoms with Crippen molar-refractivity contribution in [2.45, 2.75) is 179 Å². The molecule has 0 aromatic rings. The van der Waals surface area contributed by atoms with Crippen molar-refractivity contribution in [3.05, 3.63) is 36.5 Å². The number of likely N-dealkylation sites (N-methyl/N-ethyl adjacent to an activating group) is 1. The van der Waals surface area contributed by atoms with Gasteiger partial charge in [-0.15, -0.1) is 0 Å². The van der Waals surface area contributed by atoms with Crippen molar-refractivity contribution in [3.8, 4) is 0 Å². The van der Waals surface area contributed by atoms with Crippen LogP contribution in [0.15, 0.2) is 36.5 Å². The van der Waals surface area contributed by atoms with E-state index in [4.69, 9.17) is 9.05 Å². The summed E-state index contributed by atoms with van der Waals surface area (Å²) in [6.07, 6.45) is 30.0. The number of rotatable bonds is 35. The highest BCUT2D eigenvalue weighted by Gasteiger charge is 2.39. The maximum absolute atomic E-state index is 13.0. The Morgan fingerprint density at radius 3 is 2.05 bits per heavy atom. The fraction of sp³-hybridized carbons (Fsp3) is 0.818. The predicted molar refractivity (Wildman–Crippen MR) is 227 cm³/mol. The number of amides is 1. The summed E-state index contributed by atoms with van der Waals surface area (Å²) in [5.41, 5.74) is 0. The van der Waals surface area contributed by atoms with Crippen LogP contribution < -0.4 is 5.32 Å². The second kappa shape index (κ2) is 31.3. The van der Waals surface area contributed by atoms with Gasteiger partial charge in [0.15, 0.2) is 0 Å². The number of nitrogens with zero attached hydrogens (tertiary/aromatic N) is 1. The lowest BCUT2D eigenvalue weighted by molar-refractivity contribution is -0.870. The third-order valence-corrected chi connectivity index (χ3v) is 11.5. The summed E-state index contributed by atoms with van der Waals surface area (Å²) in [6.45, 7) is 4.46. The van der Waals surface area contributed by atoms with Gasteiger partial charge in [-0.1, -0.05) is 140 Å². The minimum Gasteiger partial charge on any atom is -0.392 e. The Bertz CT molecular complexity index is 1170. The molecule has 1 saturated carbocycles. The largest absolute Gasteiger partial charge is 0.472 e. The van der Waals surface area contributed by atoms with Crippen LogP contribution in [0.25, 0.3) is 0 Å². The SMILES string of the molecule is CCCCCCCCCCCCCC/C=C/[C@@H](O)[C@H](COP(=O)(O)OCC[N+](C)(C)C)NC(=O)CCC/C=C\C[C@H]1[C@@H](O)CC(=O)[C@@H]1/C=C/[C@@H](O)CCCCC. The highest BCUT2D eigenvalue weighted by molar-refractivity contribution is 7.47. The standard InChI is InChI=1S/C44H81N2O9P/c1-6-8-10-11-12-13-14-15-16-17-18-19-20-25-29-41(48)40(36-55-56(52,53)54-34-33-46(3,4)5)45-44(51)30-26-22-21-24-28-38-39(43(50)35-42(38)49)32-31-37(47)27-23-9-7-2/h21,24-25,29,31-32,37-42,47-49H,6-20,22-23,26-28,30,33-36H2,1-5H3,(H-,45,51,52,53)/p+1/b24-21-,29-25+,32-31+/t37-,38+,39+,40-,41+,42-/m0/s1. The first-order valence-corrected chi connectivity index (χ1v) is 23.5. The number of ketones is 1. The van der Waals surface area contributed by atoms with Crippen LogP contribution in [0.2, 0.25) is 0 Å². The third-order valence-electron chi connectivity index (χ3n) is 10.5. The number of phosphoric acid groups is 1. The Kier molecular flexibility index (Phi) is 29.2. The van der Waals surface area contributed by atoms with E-state index in [-0.39, 0.29) is 37.1 Å². The van der Waals surface area contributed by atoms with E-state index < -0.39 is 44.7 Å². The molecule has 56 heavy (non-hydrogen) atoms. The summed E-state index contributed by atoms with van der Waals surface area (Å²) in [7, 11) is 1.40. The van der Waals surface area contributed by atoms with Crippen LogP contribution in [0.1, 0.15) is 155 Å². The number of aliphatic hydroxyl groups excluding tert-OH is 3. The van der Waals surface area contributed by atoms with Gasteiger partial charge in [0, 0.05) is 24.7 Å². The van der Waals surface area contributed by atoms with Gasteiger partial charge in [-0.3, -0.25) is 18.6 Å². The Morgan fingerprint density at radius 2 is 1.43 bits per heavy atom. The second-order valence-electron chi connectivity index (χ2n) is 16.9. The molecule has 1 fully saturated rings. The number of allylic oxidation sites excluding steroid dienone is 4. The van der Waals surface area contributed by atoms with Crippen LogP contribution >= 0.6 is 7.82 Å². The van der Waals surface area contributed by atoms with E-state index in [1.165, 1.54) is 64.2 Å². The van der Waals surface area contributed by atoms with Crippen molar-refractivity contribution in [1.82, 2.24) is 5.32 Å². The van der Waals surface area contributed by atoms with Crippen LogP contribution in [0, 0.1) is 11.8 Å². The minimum absolute atomic E-state index is 0.0128. The van der Waals surface area contributed by atoms with Gasteiger partial charge in [-0.25, -0.2) is 4.57 Å². The summed E-state index contributed by atoms with van der Waals surface area (Å²) < 4.78 is 23.5. The smallest absolute Gasteiger partial charge is 0.392 e. The molecule has 326 valence electrons. The van der Waals surface area contributed by atoms with Crippen LogP contribution in [0.3, 0.4) is 0 Å². The number of quaternary nitrogens is 1. The van der Waals surface area contributed by atoms with Crippen LogP contribution in [0.4, 0.5) is 0 Å². The van der Waals surface area contributed by atoms with Crippen molar-refractivity contribution >= 4 is 19.5 Å². The molecule has 0 saturated heterocycles. The van der Waals surface area contributed by atoms with Gasteiger partial charge < -0.3 is 30.0 Å². The summed E-state index contributed by atoms with van der Waals surface area (Å²) in [6, 6.07) is -0.949. The normalized spacial score (nSPS) is 20.7. The molecule has 5 N–H and O–H groups in total. The molecule has 0 aliphatic heterocycles. The summed E-state index contributed by atoms with van der Waals surface area (Å²) in [5, 5.41) is 34.5. The molecule has 0 radical (unpaired) electrons. The lowest BCUT2D eigenvalue weighted by atomic mass is 9.90. The van der Waals surface area contributed by atoms with E-state index in [1.54, 1.807) is 18.2 Å². The summed E-state index contributed by atoms with van der Waals surface area (Å²) in [4.78, 5) is 35.8. The topological polar surface area (TPSA) is 163 Å². The molecular formula is C44H82N2O9P+. The molecular weight excluding hydrogens is 731 g/mol. The van der Waals surface area contributed by atoms with Gasteiger partial charge in [0.1, 0.15) is 18.9 Å². The lowest BCUT2D eigenvalue weighted by Gasteiger charge is -2.25. The highest BCUT2D eigenvalue weighted by Crippen LogP contribution is 2.43. The molecule has 0 bridgehead atoms. The molecule has 12 heteroatoms. The fourth-order valence-corrected chi connectivity index (χ4v) is 7.58. The Balaban J connectivity index is 2.59. The highest BCUT2D eigenvalue weighted by atomic mass is 31.2. The van der Waals surface area contributed by atoms with Crippen molar-refractivity contribution in [2.75, 3.05) is 40.9 Å². The number of hydrogen-bond donors (Lipinski definition) is 5. The average Bonchev–Trinajstić information content (AvgIpc) is 3.40. The predicted octanol–water partition coefficient (Wildman–Crippen LogP) is 8.50. The molecule has 0 aromatic carbocycles. The first-order valence-electron chi connectivity index (χ1n) is 22.0. The lowest BCUT2D eigenvalue weighted by Crippen LogP contribution is -2.45. The molecule has 7 atom stereocenters. The molecule has 11 nitrogen and oxygen atoms in total. The van der Waals surface area contributed by atoms with Crippen LogP contribution in [-0.4, -0.2) is 102 Å². The fourth-order valence-electron chi connectivity index (χ4n) is 6.84. The van der Waals surface area contributed by atoms with Gasteiger partial charge in [0.2, 0.25) is 5.91 Å². The number of carbonyl (C=O) groups is 2. The van der Waals surface area contributed by atoms with Gasteiger partial charge in [0.05, 0.1) is 52.1 Å². The van der Waals surface area contributed by atoms with E-state index in [0.29, 0.717) is 36.7 Å². The number of carbonyl (C=O) groups excluding carboxylic acids is 2. The van der Waals surface area contributed by atoms with Crippen molar-refractivity contribution < 1.29 is 47.9 Å². The van der Waals surface area contributed by atoms with E-state index in [2.05, 4.69) is 19.2 Å². The molecule has 0 aromatic heterocycles. The number of aliphatic hydroxyl groups is 3. The second-order valence-corrected chi connectivity index (χ2v) is 18.3. The zero-order chi connectivity index (χ0) is 41.7. The van der Waals surface area contributed by atoms with Crippen molar-refractivity contribution in [2.24, 2.45) is 11.8 Å². The Labute approximate surface area is 340 Å². The van der Waals surface area contributed by atoms with Crippen LogP contribution in [0.5, 0.6) is 0 Å². The molecule has 1 unspecified atom stereocenters. The Hall–Kier alpha value is -1.69. The average molecular weight is 814 g/mol. The summed E-state index contributed by atoms with van der Waals surface area (Å²) >= 11 is 0. The van der Waals surface area contributed by atoms with Gasteiger partial charge >= 0.3 is 7.82 Å². The van der Waals surface area contributed by atoms with E-state index >= 15 is 0 Å². The number of phosphoric ester groups is 1. The Morgan fingerprint density at radius 1 is 0.839 bits per heavy atom.